The number of hydrogen-bond acceptors (Lipinski definition) is 5. The van der Waals surface area contributed by atoms with Crippen LogP contribution in [-0.4, -0.2) is 25.6 Å². The second-order valence-electron chi connectivity index (χ2n) is 5.60. The van der Waals surface area contributed by atoms with Crippen LogP contribution in [0.25, 0.3) is 6.08 Å². The van der Waals surface area contributed by atoms with Crippen LogP contribution in [0.3, 0.4) is 0 Å². The second-order valence-corrected chi connectivity index (χ2v) is 6.85. The predicted molar refractivity (Wildman–Crippen MR) is 109 cm³/mol. The zero-order chi connectivity index (χ0) is 18.5. The van der Waals surface area contributed by atoms with Crippen molar-refractivity contribution in [2.24, 2.45) is 4.99 Å². The molecule has 0 spiro atoms. The quantitative estimate of drug-likeness (QED) is 0.361. The largest absolute Gasteiger partial charge is 0.493 e. The number of rotatable bonds is 6. The Bertz CT molecular complexity index is 872. The van der Waals surface area contributed by atoms with Gasteiger partial charge in [-0.15, -0.1) is 0 Å². The summed E-state index contributed by atoms with van der Waals surface area (Å²) in [7, 11) is 1.60. The second kappa shape index (κ2) is 8.35. The number of ether oxygens (including phenoxy) is 3. The lowest BCUT2D eigenvalue weighted by Gasteiger charge is -2.10. The van der Waals surface area contributed by atoms with Crippen LogP contribution in [0.5, 0.6) is 11.5 Å². The Balaban J connectivity index is 1.89. The number of esters is 1. The summed E-state index contributed by atoms with van der Waals surface area (Å²) in [5.41, 5.74) is 1.81. The van der Waals surface area contributed by atoms with E-state index in [9.17, 15) is 4.79 Å². The highest BCUT2D eigenvalue weighted by Crippen LogP contribution is 2.30. The van der Waals surface area contributed by atoms with Crippen LogP contribution in [0.2, 0.25) is 0 Å². The number of methoxy groups -OCH3 is 1. The molecule has 2 aromatic carbocycles. The van der Waals surface area contributed by atoms with Crippen molar-refractivity contribution in [2.45, 2.75) is 13.3 Å². The Morgan fingerprint density at radius 1 is 1.15 bits per heavy atom. The zero-order valence-corrected chi connectivity index (χ0v) is 16.6. The van der Waals surface area contributed by atoms with E-state index >= 15 is 0 Å². The molecule has 0 radical (unpaired) electrons. The highest BCUT2D eigenvalue weighted by Gasteiger charge is 2.24. The van der Waals surface area contributed by atoms with Crippen molar-refractivity contribution < 1.29 is 19.0 Å². The molecule has 0 bridgehead atoms. The first-order valence-corrected chi connectivity index (χ1v) is 9.28. The molecule has 0 unspecified atom stereocenters. The minimum absolute atomic E-state index is 0.255. The molecule has 0 N–H and O–H groups in total. The first-order chi connectivity index (χ1) is 12.6. The van der Waals surface area contributed by atoms with E-state index in [-0.39, 0.29) is 5.70 Å². The molecule has 134 valence electrons. The summed E-state index contributed by atoms with van der Waals surface area (Å²) in [5.74, 6) is 1.13. The Hall–Kier alpha value is -2.35. The van der Waals surface area contributed by atoms with Gasteiger partial charge in [-0.1, -0.05) is 13.0 Å². The van der Waals surface area contributed by atoms with Crippen LogP contribution in [0.1, 0.15) is 24.5 Å². The molecule has 6 heteroatoms. The number of cyclic esters (lactones) is 1. The van der Waals surface area contributed by atoms with Crippen molar-refractivity contribution in [2.75, 3.05) is 13.7 Å². The van der Waals surface area contributed by atoms with Crippen LogP contribution in [0, 0.1) is 3.57 Å². The molecule has 0 saturated heterocycles. The summed E-state index contributed by atoms with van der Waals surface area (Å²) < 4.78 is 17.4. The molecule has 2 aromatic rings. The number of carbonyl (C=O) groups excluding carboxylic acids is 1. The van der Waals surface area contributed by atoms with Crippen molar-refractivity contribution in [1.29, 1.82) is 0 Å². The molecule has 0 atom stereocenters. The SMILES string of the molecule is CCCOc1cc(C=C2N=C(c3ccc(I)cc3)OC2=O)ccc1OC. The van der Waals surface area contributed by atoms with Crippen LogP contribution in [0.4, 0.5) is 0 Å². The van der Waals surface area contributed by atoms with Crippen LogP contribution >= 0.6 is 22.6 Å². The highest BCUT2D eigenvalue weighted by atomic mass is 127. The highest BCUT2D eigenvalue weighted by molar-refractivity contribution is 14.1. The minimum Gasteiger partial charge on any atom is -0.493 e. The van der Waals surface area contributed by atoms with Crippen molar-refractivity contribution in [3.63, 3.8) is 0 Å². The molecule has 3 rings (SSSR count). The van der Waals surface area contributed by atoms with Gasteiger partial charge in [0.25, 0.3) is 0 Å². The van der Waals surface area contributed by atoms with Crippen LogP contribution < -0.4 is 9.47 Å². The lowest BCUT2D eigenvalue weighted by Crippen LogP contribution is -2.05. The third kappa shape index (κ3) is 4.24. The lowest BCUT2D eigenvalue weighted by atomic mass is 10.1. The smallest absolute Gasteiger partial charge is 0.363 e. The van der Waals surface area contributed by atoms with Gasteiger partial charge in [-0.25, -0.2) is 9.79 Å². The van der Waals surface area contributed by atoms with E-state index in [1.807, 2.05) is 43.3 Å². The van der Waals surface area contributed by atoms with Gasteiger partial charge in [0.1, 0.15) is 0 Å². The number of nitrogens with zero attached hydrogens (tertiary/aromatic N) is 1. The van der Waals surface area contributed by atoms with E-state index in [0.29, 0.717) is 24.0 Å². The maximum Gasteiger partial charge on any atom is 0.363 e. The van der Waals surface area contributed by atoms with E-state index in [2.05, 4.69) is 27.6 Å². The first kappa shape index (κ1) is 18.4. The van der Waals surface area contributed by atoms with Crippen molar-refractivity contribution in [3.8, 4) is 11.5 Å². The zero-order valence-electron chi connectivity index (χ0n) is 14.5. The number of aliphatic imine (C=N–C) groups is 1. The fraction of sp³-hybridized carbons (Fsp3) is 0.200. The van der Waals surface area contributed by atoms with E-state index in [0.717, 1.165) is 21.1 Å². The minimum atomic E-state index is -0.467. The summed E-state index contributed by atoms with van der Waals surface area (Å²) in [5, 5.41) is 0. The van der Waals surface area contributed by atoms with Crippen molar-refractivity contribution in [3.05, 3.63) is 62.9 Å². The number of carbonyl (C=O) groups is 1. The maximum absolute atomic E-state index is 12.1. The van der Waals surface area contributed by atoms with Gasteiger partial charge in [0.15, 0.2) is 17.2 Å². The topological polar surface area (TPSA) is 57.1 Å². The summed E-state index contributed by atoms with van der Waals surface area (Å²) in [6, 6.07) is 13.1. The van der Waals surface area contributed by atoms with Gasteiger partial charge in [-0.2, -0.15) is 0 Å². The van der Waals surface area contributed by atoms with Crippen LogP contribution in [-0.2, 0) is 9.53 Å². The molecule has 26 heavy (non-hydrogen) atoms. The molecule has 0 saturated carbocycles. The molecule has 0 amide bonds. The Morgan fingerprint density at radius 2 is 1.92 bits per heavy atom. The number of hydrogen-bond donors (Lipinski definition) is 0. The van der Waals surface area contributed by atoms with Gasteiger partial charge in [0.2, 0.25) is 5.90 Å². The third-order valence-electron chi connectivity index (χ3n) is 3.66. The van der Waals surface area contributed by atoms with Gasteiger partial charge in [0.05, 0.1) is 13.7 Å². The molecule has 5 nitrogen and oxygen atoms in total. The van der Waals surface area contributed by atoms with Gasteiger partial charge < -0.3 is 14.2 Å². The van der Waals surface area contributed by atoms with Gasteiger partial charge in [-0.05, 0) is 77.0 Å². The third-order valence-corrected chi connectivity index (χ3v) is 4.38. The standard InChI is InChI=1S/C20H18INO4/c1-3-10-25-18-12-13(4-9-17(18)24-2)11-16-20(23)26-19(22-16)14-5-7-15(21)8-6-14/h4-9,11-12H,3,10H2,1-2H3. The molecule has 0 fully saturated rings. The molecule has 1 heterocycles. The Labute approximate surface area is 165 Å². The normalized spacial score (nSPS) is 15.0. The van der Waals surface area contributed by atoms with Crippen molar-refractivity contribution >= 4 is 40.5 Å². The van der Waals surface area contributed by atoms with E-state index in [1.165, 1.54) is 0 Å². The monoisotopic (exact) mass is 463 g/mol. The fourth-order valence-electron chi connectivity index (χ4n) is 2.39. The lowest BCUT2D eigenvalue weighted by molar-refractivity contribution is -0.129. The average molecular weight is 463 g/mol. The number of halogens is 1. The Kier molecular flexibility index (Phi) is 5.92. The van der Waals surface area contributed by atoms with Crippen molar-refractivity contribution in [1.82, 2.24) is 0 Å². The summed E-state index contributed by atoms with van der Waals surface area (Å²) in [6.45, 7) is 2.63. The molecule has 1 aliphatic heterocycles. The average Bonchev–Trinajstić information content (AvgIpc) is 3.01. The Morgan fingerprint density at radius 3 is 2.62 bits per heavy atom. The van der Waals surface area contributed by atoms with E-state index < -0.39 is 5.97 Å². The van der Waals surface area contributed by atoms with Gasteiger partial charge >= 0.3 is 5.97 Å². The summed E-state index contributed by atoms with van der Waals surface area (Å²) >= 11 is 2.22. The van der Waals surface area contributed by atoms with Crippen LogP contribution in [0.15, 0.2) is 53.2 Å². The molecule has 1 aliphatic rings. The van der Waals surface area contributed by atoms with E-state index in [4.69, 9.17) is 14.2 Å². The molecule has 0 aromatic heterocycles. The van der Waals surface area contributed by atoms with Gasteiger partial charge in [-0.3, -0.25) is 0 Å². The maximum atomic E-state index is 12.1. The molecule has 0 aliphatic carbocycles. The van der Waals surface area contributed by atoms with E-state index in [1.54, 1.807) is 19.3 Å². The summed E-state index contributed by atoms with van der Waals surface area (Å²) in [4.78, 5) is 16.5. The number of benzene rings is 2. The van der Waals surface area contributed by atoms with Gasteiger partial charge in [0, 0.05) is 9.13 Å². The first-order valence-electron chi connectivity index (χ1n) is 8.20. The molecular formula is C20H18INO4. The molecular weight excluding hydrogens is 445 g/mol. The summed E-state index contributed by atoms with van der Waals surface area (Å²) in [6.07, 6.45) is 2.57. The predicted octanol–water partition coefficient (Wildman–Crippen LogP) is 4.43. The fourth-order valence-corrected chi connectivity index (χ4v) is 2.75.